The van der Waals surface area contributed by atoms with Crippen molar-refractivity contribution >= 4 is 22.4 Å². The molecule has 0 fully saturated rings. The van der Waals surface area contributed by atoms with Crippen LogP contribution in [0.1, 0.15) is 11.1 Å². The van der Waals surface area contributed by atoms with Crippen molar-refractivity contribution in [2.24, 2.45) is 5.73 Å². The van der Waals surface area contributed by atoms with E-state index in [0.717, 1.165) is 5.56 Å². The Labute approximate surface area is 118 Å². The van der Waals surface area contributed by atoms with Crippen LogP contribution < -0.4 is 5.73 Å². The smallest absolute Gasteiger partial charge is 0.127 e. The van der Waals surface area contributed by atoms with Crippen LogP contribution in [0.4, 0.5) is 4.39 Å². The zero-order chi connectivity index (χ0) is 13.8. The molecule has 0 radical (unpaired) electrons. The minimum absolute atomic E-state index is 0.137. The van der Waals surface area contributed by atoms with E-state index in [1.54, 1.807) is 36.4 Å². The van der Waals surface area contributed by atoms with Crippen molar-refractivity contribution in [1.82, 2.24) is 0 Å². The van der Waals surface area contributed by atoms with Crippen LogP contribution >= 0.6 is 11.6 Å². The lowest BCUT2D eigenvalue weighted by Crippen LogP contribution is -2.02. The molecule has 0 aromatic heterocycles. The van der Waals surface area contributed by atoms with E-state index in [9.17, 15) is 8.60 Å². The third-order valence-electron chi connectivity index (χ3n) is 2.72. The molecule has 100 valence electrons. The molecule has 2 aromatic carbocycles. The second-order valence-corrected chi connectivity index (χ2v) is 5.96. The number of hydrogen-bond donors (Lipinski definition) is 1. The molecule has 0 bridgehead atoms. The lowest BCUT2D eigenvalue weighted by molar-refractivity contribution is 0.613. The highest BCUT2D eigenvalue weighted by molar-refractivity contribution is 7.84. The van der Waals surface area contributed by atoms with Gasteiger partial charge in [0.15, 0.2) is 0 Å². The predicted octanol–water partition coefficient (Wildman–Crippen LogP) is 3.25. The lowest BCUT2D eigenvalue weighted by Gasteiger charge is -2.06. The van der Waals surface area contributed by atoms with Crippen LogP contribution in [0.25, 0.3) is 0 Å². The van der Waals surface area contributed by atoms with Crippen molar-refractivity contribution in [1.29, 1.82) is 0 Å². The SMILES string of the molecule is NCc1ccc(CS(=O)c2ccc(Cl)cc2)c(F)c1. The van der Waals surface area contributed by atoms with Crippen LogP contribution in [0.5, 0.6) is 0 Å². The Morgan fingerprint density at radius 3 is 2.42 bits per heavy atom. The number of hydrogen-bond acceptors (Lipinski definition) is 2. The highest BCUT2D eigenvalue weighted by atomic mass is 35.5. The van der Waals surface area contributed by atoms with Gasteiger partial charge in [0.25, 0.3) is 0 Å². The maximum absolute atomic E-state index is 13.8. The van der Waals surface area contributed by atoms with Gasteiger partial charge in [0, 0.05) is 22.0 Å². The third-order valence-corrected chi connectivity index (χ3v) is 4.34. The molecule has 0 saturated heterocycles. The number of benzene rings is 2. The fourth-order valence-corrected chi connectivity index (χ4v) is 2.89. The van der Waals surface area contributed by atoms with Crippen molar-refractivity contribution in [3.8, 4) is 0 Å². The summed E-state index contributed by atoms with van der Waals surface area (Å²) in [4.78, 5) is 0.631. The van der Waals surface area contributed by atoms with Gasteiger partial charge in [-0.05, 0) is 35.9 Å². The predicted molar refractivity (Wildman–Crippen MR) is 75.9 cm³/mol. The first-order valence-corrected chi connectivity index (χ1v) is 7.41. The molecule has 0 aliphatic heterocycles. The molecule has 0 heterocycles. The zero-order valence-corrected chi connectivity index (χ0v) is 11.7. The molecule has 2 N–H and O–H groups in total. The zero-order valence-electron chi connectivity index (χ0n) is 10.1. The van der Waals surface area contributed by atoms with Gasteiger partial charge < -0.3 is 5.73 Å². The van der Waals surface area contributed by atoms with Crippen molar-refractivity contribution in [2.45, 2.75) is 17.2 Å². The average molecular weight is 298 g/mol. The Bertz CT molecular complexity index is 601. The summed E-state index contributed by atoms with van der Waals surface area (Å²) in [7, 11) is -1.29. The van der Waals surface area contributed by atoms with Crippen molar-refractivity contribution in [3.05, 3.63) is 64.4 Å². The van der Waals surface area contributed by atoms with Crippen LogP contribution in [0.15, 0.2) is 47.4 Å². The molecular weight excluding hydrogens is 285 g/mol. The highest BCUT2D eigenvalue weighted by Gasteiger charge is 2.09. The van der Waals surface area contributed by atoms with Crippen LogP contribution in [-0.4, -0.2) is 4.21 Å². The molecule has 1 unspecified atom stereocenters. The number of rotatable bonds is 4. The third kappa shape index (κ3) is 3.62. The van der Waals surface area contributed by atoms with Crippen molar-refractivity contribution in [2.75, 3.05) is 0 Å². The minimum Gasteiger partial charge on any atom is -0.326 e. The van der Waals surface area contributed by atoms with Crippen LogP contribution in [0.2, 0.25) is 5.02 Å². The summed E-state index contributed by atoms with van der Waals surface area (Å²) in [6.07, 6.45) is 0. The minimum atomic E-state index is -1.29. The van der Waals surface area contributed by atoms with Gasteiger partial charge in [-0.1, -0.05) is 23.7 Å². The summed E-state index contributed by atoms with van der Waals surface area (Å²) in [5.41, 5.74) is 6.58. The standard InChI is InChI=1S/C14H13ClFNOS/c15-12-3-5-13(6-4-12)19(18)9-11-2-1-10(8-17)7-14(11)16/h1-7H,8-9,17H2. The molecule has 0 saturated carbocycles. The highest BCUT2D eigenvalue weighted by Crippen LogP contribution is 2.18. The molecule has 2 rings (SSSR count). The van der Waals surface area contributed by atoms with E-state index < -0.39 is 10.8 Å². The average Bonchev–Trinajstić information content (AvgIpc) is 2.41. The van der Waals surface area contributed by atoms with Crippen LogP contribution in [0.3, 0.4) is 0 Å². The molecule has 19 heavy (non-hydrogen) atoms. The van der Waals surface area contributed by atoms with E-state index in [-0.39, 0.29) is 18.1 Å². The van der Waals surface area contributed by atoms with Gasteiger partial charge in [0.2, 0.25) is 0 Å². The second kappa shape index (κ2) is 6.28. The Morgan fingerprint density at radius 1 is 1.16 bits per heavy atom. The quantitative estimate of drug-likeness (QED) is 0.941. The molecule has 0 spiro atoms. The van der Waals surface area contributed by atoms with Gasteiger partial charge in [-0.2, -0.15) is 0 Å². The summed E-state index contributed by atoms with van der Waals surface area (Å²) in [5.74, 6) is -0.233. The lowest BCUT2D eigenvalue weighted by atomic mass is 10.1. The Kier molecular flexibility index (Phi) is 4.69. The van der Waals surface area contributed by atoms with E-state index in [4.69, 9.17) is 17.3 Å². The molecule has 5 heteroatoms. The van der Waals surface area contributed by atoms with E-state index in [2.05, 4.69) is 0 Å². The normalized spacial score (nSPS) is 12.4. The first kappa shape index (κ1) is 14.2. The van der Waals surface area contributed by atoms with E-state index in [0.29, 0.717) is 15.5 Å². The van der Waals surface area contributed by atoms with Gasteiger partial charge in [-0.3, -0.25) is 4.21 Å². The van der Waals surface area contributed by atoms with E-state index in [1.165, 1.54) is 6.07 Å². The molecule has 2 nitrogen and oxygen atoms in total. The fraction of sp³-hybridized carbons (Fsp3) is 0.143. The summed E-state index contributed by atoms with van der Waals surface area (Å²) in [5, 5.41) is 0.583. The molecule has 1 atom stereocenters. The molecule has 0 aliphatic carbocycles. The number of halogens is 2. The summed E-state index contributed by atoms with van der Waals surface area (Å²) >= 11 is 5.76. The Morgan fingerprint density at radius 2 is 1.84 bits per heavy atom. The first-order chi connectivity index (χ1) is 9.10. The Balaban J connectivity index is 2.17. The van der Waals surface area contributed by atoms with Gasteiger partial charge in [0.1, 0.15) is 5.82 Å². The van der Waals surface area contributed by atoms with E-state index in [1.807, 2.05) is 0 Å². The van der Waals surface area contributed by atoms with Crippen molar-refractivity contribution < 1.29 is 8.60 Å². The van der Waals surface area contributed by atoms with Gasteiger partial charge in [-0.15, -0.1) is 0 Å². The Hall–Kier alpha value is -1.23. The topological polar surface area (TPSA) is 43.1 Å². The van der Waals surface area contributed by atoms with Crippen LogP contribution in [-0.2, 0) is 23.1 Å². The van der Waals surface area contributed by atoms with Crippen LogP contribution in [0, 0.1) is 5.82 Å². The summed E-state index contributed by atoms with van der Waals surface area (Å²) in [6, 6.07) is 11.5. The summed E-state index contributed by atoms with van der Waals surface area (Å²) < 4.78 is 25.9. The molecule has 0 amide bonds. The summed E-state index contributed by atoms with van der Waals surface area (Å²) in [6.45, 7) is 0.289. The molecular formula is C14H13ClFNOS. The van der Waals surface area contributed by atoms with E-state index >= 15 is 0 Å². The monoisotopic (exact) mass is 297 g/mol. The maximum Gasteiger partial charge on any atom is 0.127 e. The largest absolute Gasteiger partial charge is 0.326 e. The second-order valence-electron chi connectivity index (χ2n) is 4.07. The molecule has 0 aliphatic rings. The molecule has 2 aromatic rings. The van der Waals surface area contributed by atoms with Gasteiger partial charge in [-0.25, -0.2) is 4.39 Å². The first-order valence-electron chi connectivity index (χ1n) is 5.71. The van der Waals surface area contributed by atoms with Crippen molar-refractivity contribution in [3.63, 3.8) is 0 Å². The number of nitrogens with two attached hydrogens (primary N) is 1. The maximum atomic E-state index is 13.8. The van der Waals surface area contributed by atoms with Gasteiger partial charge in [0.05, 0.1) is 16.6 Å². The van der Waals surface area contributed by atoms with Gasteiger partial charge >= 0.3 is 0 Å². The fourth-order valence-electron chi connectivity index (χ4n) is 1.65.